The Morgan fingerprint density at radius 1 is 1.42 bits per heavy atom. The second kappa shape index (κ2) is 3.32. The highest BCUT2D eigenvalue weighted by molar-refractivity contribution is 6.14. The molecule has 0 spiro atoms. The summed E-state index contributed by atoms with van der Waals surface area (Å²) in [6.07, 6.45) is 3.18. The summed E-state index contributed by atoms with van der Waals surface area (Å²) in [4.78, 5) is 21.8. The molecule has 4 heteroatoms. The van der Waals surface area contributed by atoms with Gasteiger partial charge in [-0.3, -0.25) is 0 Å². The molecular weight excluding hydrogens is 158 g/mol. The number of esters is 2. The first-order valence-electron chi connectivity index (χ1n) is 3.53. The lowest BCUT2D eigenvalue weighted by Gasteiger charge is -1.89. The highest BCUT2D eigenvalue weighted by atomic mass is 16.6. The summed E-state index contributed by atoms with van der Waals surface area (Å²) in [6, 6.07) is 0. The summed E-state index contributed by atoms with van der Waals surface area (Å²) < 4.78 is 4.35. The van der Waals surface area contributed by atoms with E-state index in [1.54, 1.807) is 13.0 Å². The highest BCUT2D eigenvalue weighted by Gasteiger charge is 2.29. The number of rotatable bonds is 2. The topological polar surface area (TPSA) is 69.4 Å². The van der Waals surface area contributed by atoms with Crippen molar-refractivity contribution in [2.75, 3.05) is 6.54 Å². The van der Waals surface area contributed by atoms with Crippen LogP contribution in [0.3, 0.4) is 0 Å². The van der Waals surface area contributed by atoms with E-state index in [0.29, 0.717) is 0 Å². The summed E-state index contributed by atoms with van der Waals surface area (Å²) >= 11 is 0. The molecular formula is C8H9NO3. The standard InChI is InChI=1S/C8H9NO3/c1-2-3-5-6(4-9)8(11)12-7(5)10/h2-3H,4,9H2,1H3/b3-2-. The van der Waals surface area contributed by atoms with Gasteiger partial charge in [0.15, 0.2) is 0 Å². The van der Waals surface area contributed by atoms with Crippen LogP contribution in [-0.4, -0.2) is 18.5 Å². The van der Waals surface area contributed by atoms with Gasteiger partial charge in [-0.25, -0.2) is 9.59 Å². The van der Waals surface area contributed by atoms with Gasteiger partial charge in [-0.05, 0) is 6.92 Å². The molecule has 2 N–H and O–H groups in total. The lowest BCUT2D eigenvalue weighted by molar-refractivity contribution is -0.150. The Labute approximate surface area is 69.7 Å². The van der Waals surface area contributed by atoms with Crippen molar-refractivity contribution < 1.29 is 14.3 Å². The quantitative estimate of drug-likeness (QED) is 0.460. The Bertz CT molecular complexity index is 289. The summed E-state index contributed by atoms with van der Waals surface area (Å²) in [6.45, 7) is 1.78. The molecule has 0 saturated heterocycles. The molecule has 4 nitrogen and oxygen atoms in total. The molecule has 12 heavy (non-hydrogen) atoms. The van der Waals surface area contributed by atoms with Crippen molar-refractivity contribution in [3.8, 4) is 0 Å². The van der Waals surface area contributed by atoms with Crippen LogP contribution in [0.1, 0.15) is 6.92 Å². The Hall–Kier alpha value is -1.42. The Morgan fingerprint density at radius 3 is 2.58 bits per heavy atom. The molecule has 1 heterocycles. The van der Waals surface area contributed by atoms with Gasteiger partial charge < -0.3 is 10.5 Å². The van der Waals surface area contributed by atoms with E-state index in [-0.39, 0.29) is 17.7 Å². The minimum absolute atomic E-state index is 0.0320. The van der Waals surface area contributed by atoms with Gasteiger partial charge in [-0.1, -0.05) is 12.2 Å². The third kappa shape index (κ3) is 1.29. The van der Waals surface area contributed by atoms with Crippen LogP contribution in [0.5, 0.6) is 0 Å². The molecule has 1 aliphatic rings. The van der Waals surface area contributed by atoms with Crippen molar-refractivity contribution in [3.63, 3.8) is 0 Å². The number of carbonyl (C=O) groups excluding carboxylic acids is 2. The van der Waals surface area contributed by atoms with E-state index in [2.05, 4.69) is 4.74 Å². The molecule has 0 radical (unpaired) electrons. The van der Waals surface area contributed by atoms with Crippen molar-refractivity contribution in [3.05, 3.63) is 23.3 Å². The Kier molecular flexibility index (Phi) is 2.40. The summed E-state index contributed by atoms with van der Waals surface area (Å²) in [7, 11) is 0. The molecule has 0 aromatic carbocycles. The molecule has 64 valence electrons. The molecule has 0 aromatic heterocycles. The second-order valence-corrected chi connectivity index (χ2v) is 2.27. The van der Waals surface area contributed by atoms with Crippen LogP contribution < -0.4 is 5.73 Å². The smallest absolute Gasteiger partial charge is 0.346 e. The van der Waals surface area contributed by atoms with Crippen LogP contribution in [0.4, 0.5) is 0 Å². The maximum absolute atomic E-state index is 10.9. The van der Waals surface area contributed by atoms with Gasteiger partial charge in [-0.15, -0.1) is 0 Å². The molecule has 1 rings (SSSR count). The van der Waals surface area contributed by atoms with E-state index in [1.807, 2.05) is 0 Å². The van der Waals surface area contributed by atoms with E-state index in [4.69, 9.17) is 5.73 Å². The molecule has 1 aliphatic heterocycles. The fraction of sp³-hybridized carbons (Fsp3) is 0.250. The number of hydrogen-bond donors (Lipinski definition) is 1. The monoisotopic (exact) mass is 167 g/mol. The van der Waals surface area contributed by atoms with Gasteiger partial charge in [0, 0.05) is 6.54 Å². The number of hydrogen-bond acceptors (Lipinski definition) is 4. The number of ether oxygens (including phenoxy) is 1. The molecule has 0 aliphatic carbocycles. The molecule has 0 saturated carbocycles. The number of cyclic esters (lactones) is 2. The van der Waals surface area contributed by atoms with E-state index in [9.17, 15) is 9.59 Å². The molecule has 0 atom stereocenters. The van der Waals surface area contributed by atoms with E-state index in [1.165, 1.54) is 6.08 Å². The fourth-order valence-corrected chi connectivity index (χ4v) is 0.963. The summed E-state index contributed by atoms with van der Waals surface area (Å²) in [5, 5.41) is 0. The number of carbonyl (C=O) groups is 2. The van der Waals surface area contributed by atoms with Crippen LogP contribution in [0.25, 0.3) is 0 Å². The van der Waals surface area contributed by atoms with Crippen molar-refractivity contribution in [2.24, 2.45) is 5.73 Å². The van der Waals surface area contributed by atoms with Crippen molar-refractivity contribution in [2.45, 2.75) is 6.92 Å². The van der Waals surface area contributed by atoms with Crippen LogP contribution in [0.2, 0.25) is 0 Å². The van der Waals surface area contributed by atoms with Gasteiger partial charge in [-0.2, -0.15) is 0 Å². The minimum atomic E-state index is -0.629. The number of allylic oxidation sites excluding steroid dienone is 1. The average Bonchev–Trinajstić information content (AvgIpc) is 2.28. The summed E-state index contributed by atoms with van der Waals surface area (Å²) in [5.74, 6) is -1.24. The Balaban J connectivity index is 3.09. The maximum atomic E-state index is 10.9. The maximum Gasteiger partial charge on any atom is 0.346 e. The van der Waals surface area contributed by atoms with Crippen molar-refractivity contribution >= 4 is 11.9 Å². The molecule has 0 unspecified atom stereocenters. The predicted molar refractivity (Wildman–Crippen MR) is 42.0 cm³/mol. The van der Waals surface area contributed by atoms with Crippen LogP contribution in [-0.2, 0) is 14.3 Å². The SMILES string of the molecule is C/C=C\C1=C(CN)C(=O)OC1=O. The third-order valence-corrected chi connectivity index (χ3v) is 1.51. The lowest BCUT2D eigenvalue weighted by Crippen LogP contribution is -2.10. The van der Waals surface area contributed by atoms with Gasteiger partial charge in [0.2, 0.25) is 0 Å². The zero-order chi connectivity index (χ0) is 9.14. The van der Waals surface area contributed by atoms with Crippen LogP contribution in [0.15, 0.2) is 23.3 Å². The average molecular weight is 167 g/mol. The second-order valence-electron chi connectivity index (χ2n) is 2.27. The van der Waals surface area contributed by atoms with Crippen LogP contribution in [0, 0.1) is 0 Å². The zero-order valence-corrected chi connectivity index (χ0v) is 6.66. The largest absolute Gasteiger partial charge is 0.386 e. The van der Waals surface area contributed by atoms with E-state index < -0.39 is 11.9 Å². The molecule has 0 aromatic rings. The normalized spacial score (nSPS) is 17.8. The minimum Gasteiger partial charge on any atom is -0.386 e. The van der Waals surface area contributed by atoms with Crippen molar-refractivity contribution in [1.29, 1.82) is 0 Å². The zero-order valence-electron chi connectivity index (χ0n) is 6.66. The van der Waals surface area contributed by atoms with Crippen LogP contribution >= 0.6 is 0 Å². The first kappa shape index (κ1) is 8.67. The Morgan fingerprint density at radius 2 is 2.08 bits per heavy atom. The summed E-state index contributed by atoms with van der Waals surface area (Å²) in [5.41, 5.74) is 5.78. The van der Waals surface area contributed by atoms with E-state index >= 15 is 0 Å². The molecule has 0 amide bonds. The van der Waals surface area contributed by atoms with Gasteiger partial charge in [0.05, 0.1) is 11.1 Å². The molecule has 0 bridgehead atoms. The van der Waals surface area contributed by atoms with Gasteiger partial charge in [0.1, 0.15) is 0 Å². The predicted octanol–water partition coefficient (Wildman–Crippen LogP) is -0.0988. The first-order chi connectivity index (χ1) is 5.70. The first-order valence-corrected chi connectivity index (χ1v) is 3.53. The van der Waals surface area contributed by atoms with Gasteiger partial charge >= 0.3 is 11.9 Å². The highest BCUT2D eigenvalue weighted by Crippen LogP contribution is 2.17. The lowest BCUT2D eigenvalue weighted by atomic mass is 10.1. The fourth-order valence-electron chi connectivity index (χ4n) is 0.963. The third-order valence-electron chi connectivity index (χ3n) is 1.51. The molecule has 0 fully saturated rings. The van der Waals surface area contributed by atoms with E-state index in [0.717, 1.165) is 0 Å². The van der Waals surface area contributed by atoms with Crippen molar-refractivity contribution in [1.82, 2.24) is 0 Å². The number of nitrogens with two attached hydrogens (primary N) is 1. The van der Waals surface area contributed by atoms with Gasteiger partial charge in [0.25, 0.3) is 0 Å².